The summed E-state index contributed by atoms with van der Waals surface area (Å²) in [6, 6.07) is 16.2. The number of hydrogen-bond donors (Lipinski definition) is 2. The summed E-state index contributed by atoms with van der Waals surface area (Å²) < 4.78 is 88.8. The SMILES string of the molecule is Cc1ccc(C(=O)Nc2ccc(C(c3ccc(NC(=O)c4ccc(C)c(Br)c4)cc3)(C(F)(F)F)C(F)(F)F)cc2)cc1Br. The van der Waals surface area contributed by atoms with Crippen LogP contribution in [0.2, 0.25) is 0 Å². The number of carbonyl (C=O) groups excluding carboxylic acids is 2. The van der Waals surface area contributed by atoms with Crippen LogP contribution in [0.4, 0.5) is 37.7 Å². The van der Waals surface area contributed by atoms with E-state index >= 15 is 0 Å². The summed E-state index contributed by atoms with van der Waals surface area (Å²) >= 11 is 6.61. The van der Waals surface area contributed by atoms with Crippen molar-refractivity contribution in [3.63, 3.8) is 0 Å². The normalized spacial score (nSPS) is 12.1. The third-order valence-electron chi connectivity index (χ3n) is 6.87. The van der Waals surface area contributed by atoms with Crippen LogP contribution >= 0.6 is 31.9 Å². The van der Waals surface area contributed by atoms with Crippen LogP contribution in [0.1, 0.15) is 43.0 Å². The van der Waals surface area contributed by atoms with Gasteiger partial charge in [-0.05, 0) is 84.6 Å². The molecule has 4 aromatic rings. The highest BCUT2D eigenvalue weighted by Crippen LogP contribution is 2.56. The Morgan fingerprint density at radius 2 is 0.884 bits per heavy atom. The van der Waals surface area contributed by atoms with E-state index in [-0.39, 0.29) is 22.5 Å². The van der Waals surface area contributed by atoms with Crippen molar-refractivity contribution in [1.29, 1.82) is 0 Å². The molecule has 0 bridgehead atoms. The standard InChI is InChI=1S/C31H22Br2F6N2O2/c1-17-3-5-19(15-25(17)32)27(42)40-23-11-7-21(8-12-23)29(30(34,35)36,31(37,38)39)22-9-13-24(14-10-22)41-28(43)20-6-4-18(2)26(33)16-20/h3-16H,1-2H3,(H,40,42)(H,41,43). The summed E-state index contributed by atoms with van der Waals surface area (Å²) in [4.78, 5) is 25.2. The molecular weight excluding hydrogens is 706 g/mol. The first kappa shape index (κ1) is 32.3. The molecule has 12 heteroatoms. The highest BCUT2D eigenvalue weighted by atomic mass is 79.9. The van der Waals surface area contributed by atoms with Crippen molar-refractivity contribution in [2.45, 2.75) is 31.6 Å². The molecule has 0 heterocycles. The Morgan fingerprint density at radius 3 is 1.16 bits per heavy atom. The molecule has 2 N–H and O–H groups in total. The van der Waals surface area contributed by atoms with Gasteiger partial charge < -0.3 is 10.6 Å². The third-order valence-corrected chi connectivity index (χ3v) is 8.58. The van der Waals surface area contributed by atoms with Crippen LogP contribution in [0.5, 0.6) is 0 Å². The van der Waals surface area contributed by atoms with Crippen molar-refractivity contribution in [3.8, 4) is 0 Å². The first-order valence-electron chi connectivity index (χ1n) is 12.5. The van der Waals surface area contributed by atoms with Crippen LogP contribution in [0.25, 0.3) is 0 Å². The van der Waals surface area contributed by atoms with Crippen LogP contribution in [0, 0.1) is 13.8 Å². The predicted octanol–water partition coefficient (Wildman–Crippen LogP) is 9.74. The summed E-state index contributed by atoms with van der Waals surface area (Å²) in [5, 5.41) is 4.96. The fraction of sp³-hybridized carbons (Fsp3) is 0.161. The van der Waals surface area contributed by atoms with E-state index in [9.17, 15) is 35.9 Å². The summed E-state index contributed by atoms with van der Waals surface area (Å²) in [7, 11) is 0. The molecule has 4 nitrogen and oxygen atoms in total. The molecule has 0 fully saturated rings. The maximum Gasteiger partial charge on any atom is 0.411 e. The molecule has 4 aromatic carbocycles. The zero-order chi connectivity index (χ0) is 31.7. The number of rotatable bonds is 6. The molecule has 0 unspecified atom stereocenters. The molecule has 0 spiro atoms. The molecule has 0 atom stereocenters. The molecule has 4 rings (SSSR count). The largest absolute Gasteiger partial charge is 0.411 e. The smallest absolute Gasteiger partial charge is 0.322 e. The molecule has 0 aliphatic carbocycles. The predicted molar refractivity (Wildman–Crippen MR) is 159 cm³/mol. The van der Waals surface area contributed by atoms with E-state index in [4.69, 9.17) is 0 Å². The second-order valence-corrected chi connectivity index (χ2v) is 11.4. The van der Waals surface area contributed by atoms with Gasteiger partial charge in [-0.3, -0.25) is 9.59 Å². The average Bonchev–Trinajstić information content (AvgIpc) is 2.92. The number of aryl methyl sites for hydroxylation is 2. The molecule has 43 heavy (non-hydrogen) atoms. The van der Waals surface area contributed by atoms with Gasteiger partial charge in [-0.15, -0.1) is 0 Å². The van der Waals surface area contributed by atoms with E-state index in [1.165, 1.54) is 12.1 Å². The van der Waals surface area contributed by atoms with Gasteiger partial charge in [0, 0.05) is 31.4 Å². The minimum atomic E-state index is -5.80. The zero-order valence-electron chi connectivity index (χ0n) is 22.4. The number of benzene rings is 4. The Kier molecular flexibility index (Phi) is 9.13. The monoisotopic (exact) mass is 726 g/mol. The van der Waals surface area contributed by atoms with Crippen molar-refractivity contribution >= 4 is 55.0 Å². The van der Waals surface area contributed by atoms with Gasteiger partial charge >= 0.3 is 12.4 Å². The zero-order valence-corrected chi connectivity index (χ0v) is 25.6. The molecule has 0 saturated carbocycles. The molecule has 0 aliphatic heterocycles. The van der Waals surface area contributed by atoms with E-state index in [0.717, 1.165) is 35.4 Å². The number of carbonyl (C=O) groups is 2. The van der Waals surface area contributed by atoms with E-state index in [0.29, 0.717) is 33.2 Å². The highest BCUT2D eigenvalue weighted by Gasteiger charge is 2.72. The Bertz CT molecular complexity index is 1540. The topological polar surface area (TPSA) is 58.2 Å². The van der Waals surface area contributed by atoms with Crippen molar-refractivity contribution in [3.05, 3.63) is 127 Å². The van der Waals surface area contributed by atoms with Gasteiger partial charge in [0.1, 0.15) is 0 Å². The van der Waals surface area contributed by atoms with Crippen LogP contribution in [-0.2, 0) is 5.41 Å². The Balaban J connectivity index is 1.66. The van der Waals surface area contributed by atoms with E-state index < -0.39 is 40.7 Å². The van der Waals surface area contributed by atoms with Crippen LogP contribution < -0.4 is 10.6 Å². The Hall–Kier alpha value is -3.64. The first-order chi connectivity index (χ1) is 20.0. The maximum atomic E-state index is 14.6. The van der Waals surface area contributed by atoms with Gasteiger partial charge in [0.15, 0.2) is 0 Å². The van der Waals surface area contributed by atoms with Crippen LogP contribution in [-0.4, -0.2) is 24.2 Å². The Morgan fingerprint density at radius 1 is 0.558 bits per heavy atom. The molecule has 224 valence electrons. The quantitative estimate of drug-likeness (QED) is 0.194. The third kappa shape index (κ3) is 6.50. The molecule has 2 amide bonds. The summed E-state index contributed by atoms with van der Waals surface area (Å²) in [5.41, 5.74) is -4.36. The number of anilines is 2. The fourth-order valence-electron chi connectivity index (χ4n) is 4.46. The number of amides is 2. The number of halogens is 8. The number of hydrogen-bond acceptors (Lipinski definition) is 2. The van der Waals surface area contributed by atoms with Gasteiger partial charge in [0.05, 0.1) is 0 Å². The van der Waals surface area contributed by atoms with Crippen molar-refractivity contribution < 1.29 is 35.9 Å². The Labute approximate surface area is 259 Å². The van der Waals surface area contributed by atoms with Gasteiger partial charge in [-0.2, -0.15) is 26.3 Å². The molecule has 0 aliphatic rings. The molecule has 0 radical (unpaired) electrons. The van der Waals surface area contributed by atoms with Crippen LogP contribution in [0.15, 0.2) is 93.9 Å². The fourth-order valence-corrected chi connectivity index (χ4v) is 5.22. The molecule has 0 saturated heterocycles. The van der Waals surface area contributed by atoms with Crippen molar-refractivity contribution in [2.75, 3.05) is 10.6 Å². The lowest BCUT2D eigenvalue weighted by Gasteiger charge is -2.38. The molecular formula is C31H22Br2F6N2O2. The van der Waals surface area contributed by atoms with E-state index in [1.807, 2.05) is 13.8 Å². The minimum Gasteiger partial charge on any atom is -0.322 e. The number of nitrogens with one attached hydrogen (secondary N) is 2. The molecule has 0 aromatic heterocycles. The second-order valence-electron chi connectivity index (χ2n) is 9.74. The summed E-state index contributed by atoms with van der Waals surface area (Å²) in [5.74, 6) is -1.19. The average molecular weight is 728 g/mol. The lowest BCUT2D eigenvalue weighted by atomic mass is 9.73. The lowest BCUT2D eigenvalue weighted by Crippen LogP contribution is -2.54. The van der Waals surface area contributed by atoms with Gasteiger partial charge in [0.25, 0.3) is 11.8 Å². The number of alkyl halides is 6. The van der Waals surface area contributed by atoms with Gasteiger partial charge in [-0.25, -0.2) is 0 Å². The van der Waals surface area contributed by atoms with Gasteiger partial charge in [-0.1, -0.05) is 68.3 Å². The van der Waals surface area contributed by atoms with Crippen molar-refractivity contribution in [2.24, 2.45) is 0 Å². The maximum absolute atomic E-state index is 14.6. The van der Waals surface area contributed by atoms with Gasteiger partial charge in [0.2, 0.25) is 5.41 Å². The first-order valence-corrected chi connectivity index (χ1v) is 14.1. The van der Waals surface area contributed by atoms with E-state index in [2.05, 4.69) is 42.5 Å². The summed E-state index contributed by atoms with van der Waals surface area (Å²) in [6.07, 6.45) is -11.6. The lowest BCUT2D eigenvalue weighted by molar-refractivity contribution is -0.288. The van der Waals surface area contributed by atoms with Crippen LogP contribution in [0.3, 0.4) is 0 Å². The van der Waals surface area contributed by atoms with E-state index in [1.54, 1.807) is 24.3 Å². The second kappa shape index (κ2) is 12.2. The highest BCUT2D eigenvalue weighted by molar-refractivity contribution is 9.10. The van der Waals surface area contributed by atoms with Crippen molar-refractivity contribution in [1.82, 2.24) is 0 Å². The summed E-state index contributed by atoms with van der Waals surface area (Å²) in [6.45, 7) is 3.62. The minimum absolute atomic E-state index is 0.00417.